The SMILES string of the molecule is COc1ccc(/C=C/C(=O)O[C@@H](C)C(=O)N2c3ccccc3C[C@@H]2C)cc1OC. The number of carbonyl (C=O) groups excluding carboxylic acids is 2. The number of carbonyl (C=O) groups is 2. The first-order chi connectivity index (χ1) is 13.9. The first-order valence-electron chi connectivity index (χ1n) is 9.46. The van der Waals surface area contributed by atoms with Gasteiger partial charge in [-0.3, -0.25) is 4.79 Å². The lowest BCUT2D eigenvalue weighted by atomic mass is 10.1. The van der Waals surface area contributed by atoms with E-state index in [0.717, 1.165) is 23.2 Å². The molecule has 1 aliphatic rings. The van der Waals surface area contributed by atoms with Gasteiger partial charge in [0.1, 0.15) is 0 Å². The van der Waals surface area contributed by atoms with Crippen LogP contribution in [0, 0.1) is 0 Å². The molecule has 0 N–H and O–H groups in total. The molecule has 1 amide bonds. The van der Waals surface area contributed by atoms with Crippen molar-refractivity contribution in [2.75, 3.05) is 19.1 Å². The van der Waals surface area contributed by atoms with Crippen LogP contribution in [-0.2, 0) is 20.7 Å². The van der Waals surface area contributed by atoms with Crippen molar-refractivity contribution in [1.82, 2.24) is 0 Å². The van der Waals surface area contributed by atoms with Gasteiger partial charge in [0, 0.05) is 17.8 Å². The highest BCUT2D eigenvalue weighted by molar-refractivity contribution is 6.00. The number of methoxy groups -OCH3 is 2. The van der Waals surface area contributed by atoms with Crippen LogP contribution in [0.15, 0.2) is 48.5 Å². The molecule has 0 spiro atoms. The Balaban J connectivity index is 1.65. The van der Waals surface area contributed by atoms with E-state index in [-0.39, 0.29) is 11.9 Å². The van der Waals surface area contributed by atoms with Crippen LogP contribution in [0.25, 0.3) is 6.08 Å². The number of anilines is 1. The number of para-hydroxylation sites is 1. The molecule has 2 atom stereocenters. The molecule has 1 heterocycles. The molecule has 0 saturated carbocycles. The topological polar surface area (TPSA) is 65.1 Å². The quantitative estimate of drug-likeness (QED) is 0.552. The van der Waals surface area contributed by atoms with Gasteiger partial charge in [0.2, 0.25) is 0 Å². The predicted octanol–water partition coefficient (Wildman–Crippen LogP) is 3.63. The van der Waals surface area contributed by atoms with E-state index < -0.39 is 12.1 Å². The number of hydrogen-bond acceptors (Lipinski definition) is 5. The summed E-state index contributed by atoms with van der Waals surface area (Å²) in [6.07, 6.45) is 2.81. The Morgan fingerprint density at radius 3 is 2.55 bits per heavy atom. The fourth-order valence-corrected chi connectivity index (χ4v) is 3.48. The molecule has 6 nitrogen and oxygen atoms in total. The first-order valence-corrected chi connectivity index (χ1v) is 9.46. The van der Waals surface area contributed by atoms with E-state index >= 15 is 0 Å². The summed E-state index contributed by atoms with van der Waals surface area (Å²) >= 11 is 0. The van der Waals surface area contributed by atoms with E-state index in [1.54, 1.807) is 50.3 Å². The van der Waals surface area contributed by atoms with Gasteiger partial charge in [0.15, 0.2) is 17.6 Å². The highest BCUT2D eigenvalue weighted by atomic mass is 16.5. The zero-order valence-electron chi connectivity index (χ0n) is 17.0. The Bertz CT molecular complexity index is 937. The summed E-state index contributed by atoms with van der Waals surface area (Å²) < 4.78 is 15.8. The second-order valence-electron chi connectivity index (χ2n) is 6.92. The Morgan fingerprint density at radius 2 is 1.83 bits per heavy atom. The molecule has 2 aromatic carbocycles. The summed E-state index contributed by atoms with van der Waals surface area (Å²) in [5, 5.41) is 0. The van der Waals surface area contributed by atoms with Crippen LogP contribution in [0.5, 0.6) is 11.5 Å². The third kappa shape index (κ3) is 4.42. The number of rotatable bonds is 6. The smallest absolute Gasteiger partial charge is 0.331 e. The number of benzene rings is 2. The molecule has 0 fully saturated rings. The van der Waals surface area contributed by atoms with Crippen molar-refractivity contribution in [3.8, 4) is 11.5 Å². The summed E-state index contributed by atoms with van der Waals surface area (Å²) in [5.41, 5.74) is 2.76. The van der Waals surface area contributed by atoms with Crippen LogP contribution in [0.3, 0.4) is 0 Å². The van der Waals surface area contributed by atoms with Crippen LogP contribution < -0.4 is 14.4 Å². The normalized spacial score (nSPS) is 16.4. The number of amides is 1. The van der Waals surface area contributed by atoms with Crippen molar-refractivity contribution < 1.29 is 23.8 Å². The van der Waals surface area contributed by atoms with Crippen LogP contribution in [0.2, 0.25) is 0 Å². The molecular formula is C23H25NO5. The maximum atomic E-state index is 12.9. The lowest BCUT2D eigenvalue weighted by Crippen LogP contribution is -2.43. The van der Waals surface area contributed by atoms with Gasteiger partial charge in [-0.2, -0.15) is 0 Å². The largest absolute Gasteiger partial charge is 0.493 e. The monoisotopic (exact) mass is 395 g/mol. The van der Waals surface area contributed by atoms with E-state index in [2.05, 4.69) is 0 Å². The van der Waals surface area contributed by atoms with Gasteiger partial charge in [0.05, 0.1) is 14.2 Å². The first kappa shape index (κ1) is 20.5. The molecule has 0 bridgehead atoms. The van der Waals surface area contributed by atoms with Gasteiger partial charge in [-0.25, -0.2) is 4.79 Å². The van der Waals surface area contributed by atoms with E-state index in [0.29, 0.717) is 11.5 Å². The van der Waals surface area contributed by atoms with Gasteiger partial charge in [-0.15, -0.1) is 0 Å². The number of hydrogen-bond donors (Lipinski definition) is 0. The van der Waals surface area contributed by atoms with Crippen molar-refractivity contribution in [3.05, 3.63) is 59.7 Å². The Morgan fingerprint density at radius 1 is 1.10 bits per heavy atom. The summed E-state index contributed by atoms with van der Waals surface area (Å²) in [6, 6.07) is 13.1. The lowest BCUT2D eigenvalue weighted by molar-refractivity contribution is -0.149. The number of esters is 1. The maximum absolute atomic E-state index is 12.9. The zero-order valence-corrected chi connectivity index (χ0v) is 17.0. The van der Waals surface area contributed by atoms with Crippen molar-refractivity contribution in [2.45, 2.75) is 32.4 Å². The fourth-order valence-electron chi connectivity index (χ4n) is 3.48. The molecule has 3 rings (SSSR count). The summed E-state index contributed by atoms with van der Waals surface area (Å²) in [4.78, 5) is 26.8. The standard InChI is InChI=1S/C23H25NO5/c1-15-13-18-7-5-6-8-19(18)24(15)23(26)16(2)29-22(25)12-10-17-9-11-20(27-3)21(14-17)28-4/h5-12,14-16H,13H2,1-4H3/b12-10+/t15-,16-/m0/s1. The van der Waals surface area contributed by atoms with Gasteiger partial charge in [-0.05, 0) is 55.7 Å². The minimum absolute atomic E-state index is 0.0309. The molecule has 0 unspecified atom stereocenters. The van der Waals surface area contributed by atoms with Crippen molar-refractivity contribution >= 4 is 23.6 Å². The lowest BCUT2D eigenvalue weighted by Gasteiger charge is -2.25. The van der Waals surface area contributed by atoms with E-state index in [1.165, 1.54) is 6.08 Å². The van der Waals surface area contributed by atoms with E-state index in [1.807, 2.05) is 31.2 Å². The maximum Gasteiger partial charge on any atom is 0.331 e. The minimum Gasteiger partial charge on any atom is -0.493 e. The average Bonchev–Trinajstić information content (AvgIpc) is 3.06. The van der Waals surface area contributed by atoms with Crippen LogP contribution >= 0.6 is 0 Å². The average molecular weight is 395 g/mol. The molecule has 0 aromatic heterocycles. The third-order valence-corrected chi connectivity index (χ3v) is 4.90. The Hall–Kier alpha value is -3.28. The van der Waals surface area contributed by atoms with E-state index in [4.69, 9.17) is 14.2 Å². The minimum atomic E-state index is -0.883. The third-order valence-electron chi connectivity index (χ3n) is 4.90. The van der Waals surface area contributed by atoms with Gasteiger partial charge >= 0.3 is 5.97 Å². The van der Waals surface area contributed by atoms with Crippen molar-refractivity contribution in [2.24, 2.45) is 0 Å². The van der Waals surface area contributed by atoms with E-state index in [9.17, 15) is 9.59 Å². The van der Waals surface area contributed by atoms with Gasteiger partial charge in [0.25, 0.3) is 5.91 Å². The van der Waals surface area contributed by atoms with Gasteiger partial charge in [-0.1, -0.05) is 24.3 Å². The number of nitrogens with zero attached hydrogens (tertiary/aromatic N) is 1. The molecule has 0 saturated heterocycles. The summed E-state index contributed by atoms with van der Waals surface area (Å²) in [6.45, 7) is 3.58. The Labute approximate surface area is 170 Å². The fraction of sp³-hybridized carbons (Fsp3) is 0.304. The second kappa shape index (κ2) is 8.82. The van der Waals surface area contributed by atoms with Crippen molar-refractivity contribution in [1.29, 1.82) is 0 Å². The van der Waals surface area contributed by atoms with Crippen molar-refractivity contribution in [3.63, 3.8) is 0 Å². The molecule has 1 aliphatic heterocycles. The molecule has 152 valence electrons. The van der Waals surface area contributed by atoms with Crippen LogP contribution in [-0.4, -0.2) is 38.2 Å². The van der Waals surface area contributed by atoms with Crippen LogP contribution in [0.1, 0.15) is 25.0 Å². The Kier molecular flexibility index (Phi) is 6.22. The zero-order chi connectivity index (χ0) is 21.0. The summed E-state index contributed by atoms with van der Waals surface area (Å²) in [7, 11) is 3.10. The molecule has 6 heteroatoms. The highest BCUT2D eigenvalue weighted by Gasteiger charge is 2.34. The molecule has 2 aromatic rings. The summed E-state index contributed by atoms with van der Waals surface area (Å²) in [5.74, 6) is 0.357. The highest BCUT2D eigenvalue weighted by Crippen LogP contribution is 2.32. The van der Waals surface area contributed by atoms with Gasteiger partial charge < -0.3 is 19.1 Å². The molecular weight excluding hydrogens is 370 g/mol. The predicted molar refractivity (Wildman–Crippen MR) is 111 cm³/mol. The number of ether oxygens (including phenoxy) is 3. The van der Waals surface area contributed by atoms with Crippen LogP contribution in [0.4, 0.5) is 5.69 Å². The molecule has 29 heavy (non-hydrogen) atoms. The number of fused-ring (bicyclic) bond motifs is 1. The molecule has 0 aliphatic carbocycles. The molecule has 0 radical (unpaired) electrons. The second-order valence-corrected chi connectivity index (χ2v) is 6.92.